The molecule has 1 aromatic heterocycles. The Hall–Kier alpha value is -1.85. The van der Waals surface area contributed by atoms with E-state index in [1.54, 1.807) is 0 Å². The fraction of sp³-hybridized carbons (Fsp3) is 0.643. The van der Waals surface area contributed by atoms with Crippen LogP contribution >= 0.6 is 0 Å². The van der Waals surface area contributed by atoms with Gasteiger partial charge in [-0.3, -0.25) is 4.79 Å². The molecule has 6 nitrogen and oxygen atoms in total. The number of piperidine rings is 1. The van der Waals surface area contributed by atoms with Crippen LogP contribution in [0.5, 0.6) is 5.88 Å². The summed E-state index contributed by atoms with van der Waals surface area (Å²) >= 11 is 0. The molecule has 0 spiro atoms. The number of aliphatic carboxylic acids is 1. The SMILES string of the molecule is CCOc1cc(N2CCCC(CCC(=O)O)C2)ncn1. The highest BCUT2D eigenvalue weighted by molar-refractivity contribution is 5.66. The molecule has 1 aliphatic heterocycles. The second-order valence-electron chi connectivity index (χ2n) is 5.03. The largest absolute Gasteiger partial charge is 0.481 e. The average molecular weight is 279 g/mol. The van der Waals surface area contributed by atoms with Crippen molar-refractivity contribution in [3.8, 4) is 5.88 Å². The molecule has 1 saturated heterocycles. The lowest BCUT2D eigenvalue weighted by Gasteiger charge is -2.33. The smallest absolute Gasteiger partial charge is 0.303 e. The summed E-state index contributed by atoms with van der Waals surface area (Å²) in [5.41, 5.74) is 0. The number of carbonyl (C=O) groups is 1. The summed E-state index contributed by atoms with van der Waals surface area (Å²) in [7, 11) is 0. The molecule has 1 fully saturated rings. The van der Waals surface area contributed by atoms with E-state index in [1.165, 1.54) is 6.33 Å². The Morgan fingerprint density at radius 3 is 3.15 bits per heavy atom. The molecule has 110 valence electrons. The molecular weight excluding hydrogens is 258 g/mol. The Bertz CT molecular complexity index is 453. The maximum atomic E-state index is 10.7. The van der Waals surface area contributed by atoms with Gasteiger partial charge in [0.15, 0.2) is 0 Å². The van der Waals surface area contributed by atoms with E-state index >= 15 is 0 Å². The van der Waals surface area contributed by atoms with Crippen LogP contribution in [-0.2, 0) is 4.79 Å². The number of anilines is 1. The van der Waals surface area contributed by atoms with Crippen molar-refractivity contribution in [3.63, 3.8) is 0 Å². The summed E-state index contributed by atoms with van der Waals surface area (Å²) in [6, 6.07) is 1.85. The molecule has 0 radical (unpaired) electrons. The predicted octanol–water partition coefficient (Wildman–Crippen LogP) is 1.96. The molecule has 1 N–H and O–H groups in total. The van der Waals surface area contributed by atoms with E-state index in [2.05, 4.69) is 14.9 Å². The van der Waals surface area contributed by atoms with Gasteiger partial charge in [-0.05, 0) is 32.1 Å². The van der Waals surface area contributed by atoms with E-state index in [0.717, 1.165) is 38.2 Å². The molecule has 0 aliphatic carbocycles. The first-order valence-electron chi connectivity index (χ1n) is 7.10. The van der Waals surface area contributed by atoms with Crippen LogP contribution in [0.2, 0.25) is 0 Å². The Kier molecular flexibility index (Phi) is 5.15. The van der Waals surface area contributed by atoms with Crippen LogP contribution in [0.25, 0.3) is 0 Å². The number of nitrogens with zero attached hydrogens (tertiary/aromatic N) is 3. The van der Waals surface area contributed by atoms with Crippen molar-refractivity contribution in [2.45, 2.75) is 32.6 Å². The first-order valence-corrected chi connectivity index (χ1v) is 7.10. The van der Waals surface area contributed by atoms with Gasteiger partial charge in [0.2, 0.25) is 5.88 Å². The maximum Gasteiger partial charge on any atom is 0.303 e. The van der Waals surface area contributed by atoms with E-state index in [-0.39, 0.29) is 6.42 Å². The number of aromatic nitrogens is 2. The first-order chi connectivity index (χ1) is 9.69. The number of hydrogen-bond donors (Lipinski definition) is 1. The molecule has 1 aliphatic rings. The third kappa shape index (κ3) is 4.08. The van der Waals surface area contributed by atoms with Crippen LogP contribution in [-0.4, -0.2) is 40.7 Å². The number of carboxylic acid groups (broad SMARTS) is 1. The third-order valence-corrected chi connectivity index (χ3v) is 3.53. The van der Waals surface area contributed by atoms with Gasteiger partial charge in [0.1, 0.15) is 12.1 Å². The van der Waals surface area contributed by atoms with Crippen LogP contribution < -0.4 is 9.64 Å². The van der Waals surface area contributed by atoms with Crippen molar-refractivity contribution in [2.75, 3.05) is 24.6 Å². The van der Waals surface area contributed by atoms with Crippen molar-refractivity contribution < 1.29 is 14.6 Å². The highest BCUT2D eigenvalue weighted by Gasteiger charge is 2.21. The van der Waals surface area contributed by atoms with Gasteiger partial charge in [0, 0.05) is 25.6 Å². The molecular formula is C14H21N3O3. The molecule has 1 atom stereocenters. The summed E-state index contributed by atoms with van der Waals surface area (Å²) in [6.45, 7) is 4.31. The molecule has 2 heterocycles. The molecule has 20 heavy (non-hydrogen) atoms. The van der Waals surface area contributed by atoms with Crippen LogP contribution in [0.4, 0.5) is 5.82 Å². The first kappa shape index (κ1) is 14.6. The second-order valence-corrected chi connectivity index (χ2v) is 5.03. The van der Waals surface area contributed by atoms with Gasteiger partial charge in [0.25, 0.3) is 0 Å². The predicted molar refractivity (Wildman–Crippen MR) is 75.0 cm³/mol. The molecule has 0 saturated carbocycles. The van der Waals surface area contributed by atoms with Crippen molar-refractivity contribution in [3.05, 3.63) is 12.4 Å². The zero-order valence-electron chi connectivity index (χ0n) is 11.8. The fourth-order valence-corrected chi connectivity index (χ4v) is 2.57. The zero-order valence-corrected chi connectivity index (χ0v) is 11.8. The third-order valence-electron chi connectivity index (χ3n) is 3.53. The van der Waals surface area contributed by atoms with Gasteiger partial charge in [-0.25, -0.2) is 9.97 Å². The van der Waals surface area contributed by atoms with Crippen LogP contribution in [0, 0.1) is 5.92 Å². The Balaban J connectivity index is 1.97. The van der Waals surface area contributed by atoms with Crippen LogP contribution in [0.3, 0.4) is 0 Å². The Morgan fingerprint density at radius 2 is 2.40 bits per heavy atom. The van der Waals surface area contributed by atoms with E-state index in [4.69, 9.17) is 9.84 Å². The van der Waals surface area contributed by atoms with Gasteiger partial charge in [-0.2, -0.15) is 0 Å². The van der Waals surface area contributed by atoms with Gasteiger partial charge in [0.05, 0.1) is 6.61 Å². The zero-order chi connectivity index (χ0) is 14.4. The Morgan fingerprint density at radius 1 is 1.55 bits per heavy atom. The van der Waals surface area contributed by atoms with Crippen LogP contribution in [0.1, 0.15) is 32.6 Å². The van der Waals surface area contributed by atoms with E-state index < -0.39 is 5.97 Å². The Labute approximate surface area is 118 Å². The summed E-state index contributed by atoms with van der Waals surface area (Å²) in [6.07, 6.45) is 4.65. The minimum absolute atomic E-state index is 0.243. The van der Waals surface area contributed by atoms with Gasteiger partial charge in [-0.1, -0.05) is 0 Å². The van der Waals surface area contributed by atoms with E-state index in [1.807, 2.05) is 13.0 Å². The quantitative estimate of drug-likeness (QED) is 0.858. The second kappa shape index (κ2) is 7.07. The van der Waals surface area contributed by atoms with Crippen molar-refractivity contribution in [2.24, 2.45) is 5.92 Å². The molecule has 1 aromatic rings. The van der Waals surface area contributed by atoms with Gasteiger partial charge in [-0.15, -0.1) is 0 Å². The number of ether oxygens (including phenoxy) is 1. The number of rotatable bonds is 6. The average Bonchev–Trinajstić information content (AvgIpc) is 2.46. The molecule has 0 bridgehead atoms. The minimum Gasteiger partial charge on any atom is -0.481 e. The highest BCUT2D eigenvalue weighted by atomic mass is 16.5. The molecule has 0 amide bonds. The van der Waals surface area contributed by atoms with E-state index in [9.17, 15) is 4.79 Å². The number of carboxylic acids is 1. The number of hydrogen-bond acceptors (Lipinski definition) is 5. The lowest BCUT2D eigenvalue weighted by atomic mass is 9.93. The minimum atomic E-state index is -0.720. The lowest BCUT2D eigenvalue weighted by molar-refractivity contribution is -0.137. The van der Waals surface area contributed by atoms with Gasteiger partial charge >= 0.3 is 5.97 Å². The molecule has 0 aromatic carbocycles. The monoisotopic (exact) mass is 279 g/mol. The van der Waals surface area contributed by atoms with Crippen molar-refractivity contribution >= 4 is 11.8 Å². The van der Waals surface area contributed by atoms with E-state index in [0.29, 0.717) is 18.4 Å². The summed E-state index contributed by atoms with van der Waals surface area (Å²) in [4.78, 5) is 21.2. The van der Waals surface area contributed by atoms with Gasteiger partial charge < -0.3 is 14.7 Å². The van der Waals surface area contributed by atoms with Crippen LogP contribution in [0.15, 0.2) is 12.4 Å². The molecule has 6 heteroatoms. The maximum absolute atomic E-state index is 10.7. The fourth-order valence-electron chi connectivity index (χ4n) is 2.57. The molecule has 2 rings (SSSR count). The summed E-state index contributed by atoms with van der Waals surface area (Å²) in [5.74, 6) is 1.15. The molecule has 1 unspecified atom stereocenters. The van der Waals surface area contributed by atoms with Crippen molar-refractivity contribution in [1.29, 1.82) is 0 Å². The van der Waals surface area contributed by atoms with Crippen molar-refractivity contribution in [1.82, 2.24) is 9.97 Å². The topological polar surface area (TPSA) is 75.5 Å². The standard InChI is InChI=1S/C14H21N3O3/c1-2-20-13-8-12(15-10-16-13)17-7-3-4-11(9-17)5-6-14(18)19/h8,10-11H,2-7,9H2,1H3,(H,18,19). The summed E-state index contributed by atoms with van der Waals surface area (Å²) in [5, 5.41) is 8.77. The summed E-state index contributed by atoms with van der Waals surface area (Å²) < 4.78 is 5.39. The highest BCUT2D eigenvalue weighted by Crippen LogP contribution is 2.25. The normalized spacial score (nSPS) is 18.9. The lowest BCUT2D eigenvalue weighted by Crippen LogP contribution is -2.36.